The molecule has 4 aromatic rings. The Hall–Kier alpha value is -4.34. The monoisotopic (exact) mass is 473 g/mol. The summed E-state index contributed by atoms with van der Waals surface area (Å²) < 4.78 is 16.1. The lowest BCUT2D eigenvalue weighted by Crippen LogP contribution is -2.47. The summed E-state index contributed by atoms with van der Waals surface area (Å²) in [6.45, 7) is 3.20. The van der Waals surface area contributed by atoms with E-state index in [-0.39, 0.29) is 5.95 Å². The molecule has 1 fully saturated rings. The fourth-order valence-electron chi connectivity index (χ4n) is 4.23. The smallest absolute Gasteiger partial charge is 0.224 e. The van der Waals surface area contributed by atoms with Crippen LogP contribution in [0.2, 0.25) is 0 Å². The number of methoxy groups -OCH3 is 3. The average molecular weight is 474 g/mol. The Labute approximate surface area is 203 Å². The van der Waals surface area contributed by atoms with Gasteiger partial charge in [0.1, 0.15) is 5.75 Å². The number of fused-ring (bicyclic) bond motifs is 1. The summed E-state index contributed by atoms with van der Waals surface area (Å²) in [6.07, 6.45) is 1.68. The molecule has 10 heteroatoms. The number of anilines is 3. The molecule has 0 saturated carbocycles. The molecule has 0 radical (unpaired) electrons. The molecule has 2 aromatic carbocycles. The van der Waals surface area contributed by atoms with E-state index in [9.17, 15) is 0 Å². The van der Waals surface area contributed by atoms with Crippen LogP contribution in [0.1, 0.15) is 0 Å². The molecule has 1 aliphatic rings. The zero-order chi connectivity index (χ0) is 24.4. The highest BCUT2D eigenvalue weighted by atomic mass is 16.5. The van der Waals surface area contributed by atoms with Crippen LogP contribution in [0.5, 0.6) is 17.2 Å². The van der Waals surface area contributed by atoms with Gasteiger partial charge in [-0.3, -0.25) is 0 Å². The third kappa shape index (κ3) is 4.42. The maximum atomic E-state index is 6.03. The Bertz CT molecular complexity index is 1340. The predicted molar refractivity (Wildman–Crippen MR) is 136 cm³/mol. The number of benzene rings is 2. The highest BCUT2D eigenvalue weighted by molar-refractivity contribution is 5.86. The van der Waals surface area contributed by atoms with Gasteiger partial charge in [0, 0.05) is 37.4 Å². The van der Waals surface area contributed by atoms with Gasteiger partial charge in [0.15, 0.2) is 28.5 Å². The average Bonchev–Trinajstić information content (AvgIpc) is 2.92. The van der Waals surface area contributed by atoms with Crippen LogP contribution < -0.4 is 29.7 Å². The van der Waals surface area contributed by atoms with Crippen LogP contribution in [0.4, 0.5) is 17.5 Å². The summed E-state index contributed by atoms with van der Waals surface area (Å²) in [5.41, 5.74) is 9.81. The molecule has 0 spiro atoms. The normalized spacial score (nSPS) is 13.7. The molecule has 180 valence electrons. The van der Waals surface area contributed by atoms with E-state index in [4.69, 9.17) is 24.9 Å². The molecule has 0 atom stereocenters. The van der Waals surface area contributed by atoms with Crippen LogP contribution >= 0.6 is 0 Å². The summed E-state index contributed by atoms with van der Waals surface area (Å²) in [4.78, 5) is 22.8. The summed E-state index contributed by atoms with van der Waals surface area (Å²) in [5, 5.41) is 0. The molecule has 10 nitrogen and oxygen atoms in total. The number of ether oxygens (including phenoxy) is 3. The van der Waals surface area contributed by atoms with Gasteiger partial charge >= 0.3 is 0 Å². The van der Waals surface area contributed by atoms with Crippen LogP contribution in [0.3, 0.4) is 0 Å². The second-order valence-corrected chi connectivity index (χ2v) is 8.07. The van der Waals surface area contributed by atoms with Crippen LogP contribution in [0.25, 0.3) is 22.4 Å². The zero-order valence-corrected chi connectivity index (χ0v) is 19.9. The van der Waals surface area contributed by atoms with Gasteiger partial charge in [0.2, 0.25) is 5.95 Å². The molecule has 2 N–H and O–H groups in total. The van der Waals surface area contributed by atoms with Crippen molar-refractivity contribution in [2.45, 2.75) is 0 Å². The summed E-state index contributed by atoms with van der Waals surface area (Å²) in [5.74, 6) is 2.99. The van der Waals surface area contributed by atoms with Crippen molar-refractivity contribution in [1.29, 1.82) is 0 Å². The van der Waals surface area contributed by atoms with Crippen LogP contribution in [0, 0.1) is 0 Å². The minimum Gasteiger partial charge on any atom is -0.497 e. The highest BCUT2D eigenvalue weighted by Crippen LogP contribution is 2.33. The van der Waals surface area contributed by atoms with Gasteiger partial charge in [0.25, 0.3) is 0 Å². The number of aromatic nitrogens is 4. The molecule has 1 saturated heterocycles. The molecule has 1 aliphatic heterocycles. The Morgan fingerprint density at radius 1 is 0.771 bits per heavy atom. The van der Waals surface area contributed by atoms with Crippen molar-refractivity contribution in [3.63, 3.8) is 0 Å². The standard InChI is InChI=1S/C25H27N7O3/c1-33-18-7-5-17(6-8-18)31-10-12-32(13-11-31)24-22-23(29-25(26)30-24)27-15-19(28-22)16-4-9-20(34-2)21(14-16)35-3/h4-9,14-15H,10-13H2,1-3H3,(H2,26,27,29,30). The van der Waals surface area contributed by atoms with Crippen molar-refractivity contribution in [3.8, 4) is 28.5 Å². The third-order valence-electron chi connectivity index (χ3n) is 6.10. The third-order valence-corrected chi connectivity index (χ3v) is 6.10. The van der Waals surface area contributed by atoms with Crippen molar-refractivity contribution in [3.05, 3.63) is 48.7 Å². The number of hydrogen-bond donors (Lipinski definition) is 1. The SMILES string of the molecule is COc1ccc(N2CCN(c3nc(N)nc4ncc(-c5ccc(OC)c(OC)c5)nc34)CC2)cc1. The number of nitrogens with zero attached hydrogens (tertiary/aromatic N) is 6. The van der Waals surface area contributed by atoms with Gasteiger partial charge in [-0.15, -0.1) is 0 Å². The largest absolute Gasteiger partial charge is 0.497 e. The number of nitrogens with two attached hydrogens (primary N) is 1. The van der Waals surface area contributed by atoms with Crippen molar-refractivity contribution in [1.82, 2.24) is 19.9 Å². The van der Waals surface area contributed by atoms with Crippen molar-refractivity contribution in [2.24, 2.45) is 0 Å². The first kappa shape index (κ1) is 22.5. The molecule has 0 bridgehead atoms. The second-order valence-electron chi connectivity index (χ2n) is 8.07. The molecule has 2 aromatic heterocycles. The van der Waals surface area contributed by atoms with E-state index in [2.05, 4.69) is 36.9 Å². The minimum absolute atomic E-state index is 0.179. The predicted octanol–water partition coefficient (Wildman–Crippen LogP) is 3.02. The Balaban J connectivity index is 1.44. The molecular weight excluding hydrogens is 446 g/mol. The maximum Gasteiger partial charge on any atom is 0.224 e. The van der Waals surface area contributed by atoms with E-state index in [1.807, 2.05) is 30.3 Å². The second kappa shape index (κ2) is 9.49. The summed E-state index contributed by atoms with van der Waals surface area (Å²) in [7, 11) is 4.88. The van der Waals surface area contributed by atoms with E-state index in [1.54, 1.807) is 27.5 Å². The van der Waals surface area contributed by atoms with E-state index in [0.29, 0.717) is 34.2 Å². The Kier molecular flexibility index (Phi) is 6.09. The number of nitrogen functional groups attached to an aromatic ring is 1. The van der Waals surface area contributed by atoms with Gasteiger partial charge in [-0.25, -0.2) is 9.97 Å². The van der Waals surface area contributed by atoms with Crippen LogP contribution in [0.15, 0.2) is 48.7 Å². The first-order valence-corrected chi connectivity index (χ1v) is 11.3. The number of rotatable bonds is 6. The molecule has 3 heterocycles. The van der Waals surface area contributed by atoms with Gasteiger partial charge < -0.3 is 29.7 Å². The van der Waals surface area contributed by atoms with E-state index >= 15 is 0 Å². The van der Waals surface area contributed by atoms with Crippen molar-refractivity contribution in [2.75, 3.05) is 63.0 Å². The van der Waals surface area contributed by atoms with Gasteiger partial charge in [0.05, 0.1) is 33.2 Å². The number of piperazine rings is 1. The van der Waals surface area contributed by atoms with Gasteiger partial charge in [-0.05, 0) is 42.5 Å². The molecule has 0 amide bonds. The summed E-state index contributed by atoms with van der Waals surface area (Å²) in [6, 6.07) is 13.7. The molecule has 0 aliphatic carbocycles. The Morgan fingerprint density at radius 3 is 2.17 bits per heavy atom. The van der Waals surface area contributed by atoms with Crippen molar-refractivity contribution < 1.29 is 14.2 Å². The van der Waals surface area contributed by atoms with E-state index in [1.165, 1.54) is 0 Å². The maximum absolute atomic E-state index is 6.03. The Morgan fingerprint density at radius 2 is 1.49 bits per heavy atom. The first-order chi connectivity index (χ1) is 17.1. The van der Waals surface area contributed by atoms with Crippen LogP contribution in [-0.2, 0) is 0 Å². The van der Waals surface area contributed by atoms with Gasteiger partial charge in [-0.1, -0.05) is 0 Å². The van der Waals surface area contributed by atoms with Crippen LogP contribution in [-0.4, -0.2) is 67.4 Å². The molecule has 35 heavy (non-hydrogen) atoms. The first-order valence-electron chi connectivity index (χ1n) is 11.3. The quantitative estimate of drug-likeness (QED) is 0.448. The van der Waals surface area contributed by atoms with Crippen molar-refractivity contribution >= 4 is 28.6 Å². The fourth-order valence-corrected chi connectivity index (χ4v) is 4.23. The topological polar surface area (TPSA) is 112 Å². The molecular formula is C25H27N7O3. The van der Waals surface area contributed by atoms with Gasteiger partial charge in [-0.2, -0.15) is 9.97 Å². The lowest BCUT2D eigenvalue weighted by molar-refractivity contribution is 0.355. The van der Waals surface area contributed by atoms with E-state index in [0.717, 1.165) is 43.2 Å². The van der Waals surface area contributed by atoms with E-state index < -0.39 is 0 Å². The lowest BCUT2D eigenvalue weighted by atomic mass is 10.1. The highest BCUT2D eigenvalue weighted by Gasteiger charge is 2.23. The molecule has 5 rings (SSSR count). The minimum atomic E-state index is 0.179. The fraction of sp³-hybridized carbons (Fsp3) is 0.280. The zero-order valence-electron chi connectivity index (χ0n) is 19.9. The lowest BCUT2D eigenvalue weighted by Gasteiger charge is -2.36. The number of hydrogen-bond acceptors (Lipinski definition) is 10. The summed E-state index contributed by atoms with van der Waals surface area (Å²) >= 11 is 0. The molecule has 0 unspecified atom stereocenters.